The number of halogens is 1. The van der Waals surface area contributed by atoms with E-state index in [1.54, 1.807) is 6.20 Å². The van der Waals surface area contributed by atoms with Crippen LogP contribution in [0.2, 0.25) is 0 Å². The van der Waals surface area contributed by atoms with Gasteiger partial charge < -0.3 is 4.90 Å². The molecule has 0 spiro atoms. The van der Waals surface area contributed by atoms with E-state index < -0.39 is 0 Å². The first-order valence-corrected chi connectivity index (χ1v) is 5.37. The van der Waals surface area contributed by atoms with Crippen molar-refractivity contribution in [2.75, 3.05) is 18.0 Å². The quantitative estimate of drug-likeness (QED) is 0.767. The van der Waals surface area contributed by atoms with Crippen molar-refractivity contribution in [2.24, 2.45) is 0 Å². The lowest BCUT2D eigenvalue weighted by Gasteiger charge is -2.20. The van der Waals surface area contributed by atoms with E-state index in [9.17, 15) is 0 Å². The fourth-order valence-electron chi connectivity index (χ4n) is 1.21. The lowest BCUT2D eigenvalue weighted by atomic mass is 10.3. The Morgan fingerprint density at radius 3 is 2.86 bits per heavy atom. The minimum atomic E-state index is 0.614. The maximum Gasteiger partial charge on any atom is 0.129 e. The molecule has 0 unspecified atom stereocenters. The Morgan fingerprint density at radius 1 is 1.57 bits per heavy atom. The van der Waals surface area contributed by atoms with E-state index in [0.29, 0.717) is 6.54 Å². The summed E-state index contributed by atoms with van der Waals surface area (Å²) in [7, 11) is 0. The molecule has 0 atom stereocenters. The molecule has 74 valence electrons. The zero-order valence-corrected chi connectivity index (χ0v) is 9.79. The number of anilines is 1. The van der Waals surface area contributed by atoms with Crippen LogP contribution in [-0.4, -0.2) is 18.1 Å². The molecular weight excluding hydrogens is 240 g/mol. The minimum absolute atomic E-state index is 0.614. The van der Waals surface area contributed by atoms with Crippen LogP contribution < -0.4 is 4.90 Å². The molecule has 3 heteroatoms. The summed E-state index contributed by atoms with van der Waals surface area (Å²) in [4.78, 5) is 6.39. The fourth-order valence-corrected chi connectivity index (χ4v) is 1.44. The van der Waals surface area contributed by atoms with Gasteiger partial charge in [0.1, 0.15) is 5.82 Å². The van der Waals surface area contributed by atoms with E-state index in [4.69, 9.17) is 6.42 Å². The van der Waals surface area contributed by atoms with E-state index in [1.165, 1.54) is 0 Å². The van der Waals surface area contributed by atoms with Crippen LogP contribution >= 0.6 is 15.9 Å². The number of terminal acetylenes is 1. The monoisotopic (exact) mass is 252 g/mol. The third kappa shape index (κ3) is 3.04. The van der Waals surface area contributed by atoms with Gasteiger partial charge in [-0.05, 0) is 34.5 Å². The van der Waals surface area contributed by atoms with Crippen LogP contribution in [0.15, 0.2) is 22.8 Å². The predicted octanol–water partition coefficient (Wildman–Crippen LogP) is 2.69. The molecule has 2 nitrogen and oxygen atoms in total. The van der Waals surface area contributed by atoms with E-state index in [2.05, 4.69) is 38.7 Å². The Balaban J connectivity index is 2.77. The average molecular weight is 253 g/mol. The van der Waals surface area contributed by atoms with Gasteiger partial charge in [-0.2, -0.15) is 0 Å². The third-order valence-corrected chi connectivity index (χ3v) is 2.28. The fraction of sp³-hybridized carbons (Fsp3) is 0.364. The van der Waals surface area contributed by atoms with E-state index >= 15 is 0 Å². The van der Waals surface area contributed by atoms with E-state index in [0.717, 1.165) is 23.3 Å². The van der Waals surface area contributed by atoms with Gasteiger partial charge in [0.05, 0.1) is 6.54 Å². The smallest absolute Gasteiger partial charge is 0.129 e. The van der Waals surface area contributed by atoms with Crippen molar-refractivity contribution in [1.82, 2.24) is 4.98 Å². The van der Waals surface area contributed by atoms with Crippen molar-refractivity contribution in [3.05, 3.63) is 22.8 Å². The maximum absolute atomic E-state index is 5.30. The van der Waals surface area contributed by atoms with Gasteiger partial charge in [0.15, 0.2) is 0 Å². The van der Waals surface area contributed by atoms with Gasteiger partial charge in [-0.1, -0.05) is 12.8 Å². The minimum Gasteiger partial charge on any atom is -0.345 e. The highest BCUT2D eigenvalue weighted by molar-refractivity contribution is 9.10. The van der Waals surface area contributed by atoms with Crippen LogP contribution in [0.4, 0.5) is 5.82 Å². The zero-order chi connectivity index (χ0) is 10.4. The van der Waals surface area contributed by atoms with Crippen molar-refractivity contribution < 1.29 is 0 Å². The van der Waals surface area contributed by atoms with Crippen molar-refractivity contribution in [2.45, 2.75) is 13.3 Å². The van der Waals surface area contributed by atoms with Gasteiger partial charge in [0, 0.05) is 17.2 Å². The first-order chi connectivity index (χ1) is 6.77. The number of hydrogen-bond acceptors (Lipinski definition) is 2. The second kappa shape index (κ2) is 5.66. The summed E-state index contributed by atoms with van der Waals surface area (Å²) in [5.41, 5.74) is 0. The molecule has 0 radical (unpaired) electrons. The largest absolute Gasteiger partial charge is 0.345 e. The Kier molecular flexibility index (Phi) is 4.48. The van der Waals surface area contributed by atoms with Crippen LogP contribution in [0.5, 0.6) is 0 Å². The van der Waals surface area contributed by atoms with Gasteiger partial charge in [-0.15, -0.1) is 6.42 Å². The molecular formula is C11H13BrN2. The molecule has 0 N–H and O–H groups in total. The van der Waals surface area contributed by atoms with Gasteiger partial charge in [-0.25, -0.2) is 4.98 Å². The highest BCUT2D eigenvalue weighted by Crippen LogP contribution is 2.14. The standard InChI is InChI=1S/C11H13BrN2/c1-3-7-14(8-4-2)11-6-5-10(12)9-13-11/h1,5-6,9H,4,7-8H2,2H3. The summed E-state index contributed by atoms with van der Waals surface area (Å²) in [6.45, 7) is 3.68. The molecule has 0 saturated heterocycles. The SMILES string of the molecule is C#CCN(CCC)c1ccc(Br)cn1. The van der Waals surface area contributed by atoms with Crippen molar-refractivity contribution in [1.29, 1.82) is 0 Å². The molecule has 14 heavy (non-hydrogen) atoms. The number of nitrogens with zero attached hydrogens (tertiary/aromatic N) is 2. The van der Waals surface area contributed by atoms with Gasteiger partial charge in [0.25, 0.3) is 0 Å². The summed E-state index contributed by atoms with van der Waals surface area (Å²) >= 11 is 3.35. The lowest BCUT2D eigenvalue weighted by molar-refractivity contribution is 0.809. The molecule has 0 aromatic carbocycles. The van der Waals surface area contributed by atoms with Crippen molar-refractivity contribution >= 4 is 21.7 Å². The second-order valence-electron chi connectivity index (χ2n) is 2.96. The van der Waals surface area contributed by atoms with Gasteiger partial charge in [-0.3, -0.25) is 0 Å². The zero-order valence-electron chi connectivity index (χ0n) is 8.20. The van der Waals surface area contributed by atoms with Gasteiger partial charge in [0.2, 0.25) is 0 Å². The average Bonchev–Trinajstić information content (AvgIpc) is 2.19. The van der Waals surface area contributed by atoms with Crippen LogP contribution in [0.1, 0.15) is 13.3 Å². The molecule has 1 aromatic rings. The summed E-state index contributed by atoms with van der Waals surface area (Å²) < 4.78 is 0.985. The number of hydrogen-bond donors (Lipinski definition) is 0. The molecule has 0 bridgehead atoms. The molecule has 1 heterocycles. The highest BCUT2D eigenvalue weighted by atomic mass is 79.9. The van der Waals surface area contributed by atoms with Gasteiger partial charge >= 0.3 is 0 Å². The van der Waals surface area contributed by atoms with E-state index in [-0.39, 0.29) is 0 Å². The normalized spacial score (nSPS) is 9.50. The summed E-state index contributed by atoms with van der Waals surface area (Å²) in [6, 6.07) is 3.94. The molecule has 1 rings (SSSR count). The number of pyridine rings is 1. The van der Waals surface area contributed by atoms with Crippen LogP contribution in [0, 0.1) is 12.3 Å². The summed E-state index contributed by atoms with van der Waals surface area (Å²) in [5, 5.41) is 0. The maximum atomic E-state index is 5.30. The molecule has 0 amide bonds. The lowest BCUT2D eigenvalue weighted by Crippen LogP contribution is -2.25. The Bertz CT molecular complexity index is 313. The van der Waals surface area contributed by atoms with Crippen LogP contribution in [0.25, 0.3) is 0 Å². The first kappa shape index (κ1) is 11.1. The van der Waals surface area contributed by atoms with Crippen LogP contribution in [-0.2, 0) is 0 Å². The Hall–Kier alpha value is -1.01. The topological polar surface area (TPSA) is 16.1 Å². The molecule has 0 aliphatic rings. The van der Waals surface area contributed by atoms with E-state index in [1.807, 2.05) is 12.1 Å². The van der Waals surface area contributed by atoms with Crippen molar-refractivity contribution in [3.8, 4) is 12.3 Å². The Morgan fingerprint density at radius 2 is 2.36 bits per heavy atom. The third-order valence-electron chi connectivity index (χ3n) is 1.81. The highest BCUT2D eigenvalue weighted by Gasteiger charge is 2.04. The molecule has 0 aliphatic carbocycles. The summed E-state index contributed by atoms with van der Waals surface area (Å²) in [6.07, 6.45) is 8.15. The second-order valence-corrected chi connectivity index (χ2v) is 3.88. The van der Waals surface area contributed by atoms with Crippen molar-refractivity contribution in [3.63, 3.8) is 0 Å². The molecule has 0 saturated carbocycles. The Labute approximate surface area is 93.5 Å². The van der Waals surface area contributed by atoms with Crippen LogP contribution in [0.3, 0.4) is 0 Å². The number of aromatic nitrogens is 1. The molecule has 1 aromatic heterocycles. The molecule has 0 aliphatic heterocycles. The first-order valence-electron chi connectivity index (χ1n) is 4.58. The predicted molar refractivity (Wildman–Crippen MR) is 63.3 cm³/mol. The summed E-state index contributed by atoms with van der Waals surface area (Å²) in [5.74, 6) is 3.58. The number of rotatable bonds is 4. The molecule has 0 fully saturated rings.